The van der Waals surface area contributed by atoms with Gasteiger partial charge in [0.05, 0.1) is 29.3 Å². The smallest absolute Gasteiger partial charge is 0.338 e. The Labute approximate surface area is 291 Å². The van der Waals surface area contributed by atoms with Gasteiger partial charge in [0.2, 0.25) is 5.91 Å². The van der Waals surface area contributed by atoms with E-state index in [0.29, 0.717) is 23.5 Å². The van der Waals surface area contributed by atoms with E-state index in [1.807, 2.05) is 41.5 Å². The van der Waals surface area contributed by atoms with E-state index in [1.54, 1.807) is 24.3 Å². The van der Waals surface area contributed by atoms with Gasteiger partial charge < -0.3 is 24.6 Å². The average molecular weight is 701 g/mol. The quantitative estimate of drug-likeness (QED) is 0.0455. The highest BCUT2D eigenvalue weighted by Gasteiger charge is 2.29. The second-order valence-corrected chi connectivity index (χ2v) is 14.2. The van der Waals surface area contributed by atoms with Gasteiger partial charge in [0.1, 0.15) is 23.9 Å². The van der Waals surface area contributed by atoms with Gasteiger partial charge >= 0.3 is 11.9 Å². The van der Waals surface area contributed by atoms with E-state index >= 15 is 0 Å². The Morgan fingerprint density at radius 2 is 1.42 bits per heavy atom. The number of esters is 2. The molecule has 11 heteroatoms. The Bertz CT molecular complexity index is 1600. The van der Waals surface area contributed by atoms with Gasteiger partial charge in [0, 0.05) is 22.8 Å². The van der Waals surface area contributed by atoms with E-state index in [9.17, 15) is 24.3 Å². The number of benzene rings is 3. The van der Waals surface area contributed by atoms with Gasteiger partial charge in [-0.15, -0.1) is 11.6 Å². The zero-order chi connectivity index (χ0) is 35.8. The Kier molecular flexibility index (Phi) is 13.1. The summed E-state index contributed by atoms with van der Waals surface area (Å²) in [4.78, 5) is 51.2. The molecule has 258 valence electrons. The first-order chi connectivity index (χ1) is 22.4. The molecule has 0 bridgehead atoms. The predicted octanol–water partition coefficient (Wildman–Crippen LogP) is 8.40. The van der Waals surface area contributed by atoms with Gasteiger partial charge in [-0.2, -0.15) is 0 Å². The third-order valence-corrected chi connectivity index (χ3v) is 8.02. The molecule has 0 aliphatic heterocycles. The van der Waals surface area contributed by atoms with Crippen molar-refractivity contribution in [2.24, 2.45) is 0 Å². The zero-order valence-electron chi connectivity index (χ0n) is 28.4. The highest BCUT2D eigenvalue weighted by Crippen LogP contribution is 2.40. The topological polar surface area (TPSA) is 128 Å². The fourth-order valence-corrected chi connectivity index (χ4v) is 4.91. The van der Waals surface area contributed by atoms with Gasteiger partial charge in [0.15, 0.2) is 11.2 Å². The minimum Gasteiger partial charge on any atom is -0.507 e. The fourth-order valence-electron chi connectivity index (χ4n) is 4.56. The molecule has 1 atom stereocenters. The summed E-state index contributed by atoms with van der Waals surface area (Å²) in [7, 11) is 0. The van der Waals surface area contributed by atoms with E-state index in [-0.39, 0.29) is 46.4 Å². The van der Waals surface area contributed by atoms with Crippen LogP contribution in [-0.2, 0) is 25.2 Å². The number of hydrogen-bond donors (Lipinski definition) is 2. The fraction of sp³-hybridized carbons (Fsp3) is 0.405. The van der Waals surface area contributed by atoms with Gasteiger partial charge in [0.25, 0.3) is 0 Å². The number of Topliss-reactive ketones (excluding diaryl/α,β-unsaturated/α-hetero) is 1. The summed E-state index contributed by atoms with van der Waals surface area (Å²) >= 11 is 12.4. The SMILES string of the molecule is CCCCOc1ccc(C(=O)C(Cl)C(=O)Nc2cc(OC(=O)CCOC(=O)c3cc(C(C)(C)C)c(O)c(C(C)(C)C)c3)ccc2Cl)cc1. The summed E-state index contributed by atoms with van der Waals surface area (Å²) in [6, 6.07) is 13.7. The molecule has 0 spiro atoms. The van der Waals surface area contributed by atoms with E-state index in [1.165, 1.54) is 30.3 Å². The lowest BCUT2D eigenvalue weighted by atomic mass is 9.78. The lowest BCUT2D eigenvalue weighted by Gasteiger charge is -2.27. The first-order valence-electron chi connectivity index (χ1n) is 15.7. The number of ketones is 1. The molecule has 1 amide bonds. The molecule has 0 aliphatic carbocycles. The van der Waals surface area contributed by atoms with Gasteiger partial charge in [-0.3, -0.25) is 14.4 Å². The maximum Gasteiger partial charge on any atom is 0.338 e. The van der Waals surface area contributed by atoms with Crippen molar-refractivity contribution in [3.8, 4) is 17.2 Å². The Balaban J connectivity index is 1.59. The van der Waals surface area contributed by atoms with Crippen molar-refractivity contribution in [2.45, 2.75) is 83.9 Å². The maximum atomic E-state index is 12.9. The van der Waals surface area contributed by atoms with Crippen molar-refractivity contribution < 1.29 is 38.5 Å². The molecule has 0 aromatic heterocycles. The van der Waals surface area contributed by atoms with E-state index in [0.717, 1.165) is 12.8 Å². The number of unbranched alkanes of at least 4 members (excludes halogenated alkanes) is 1. The number of ether oxygens (including phenoxy) is 3. The van der Waals surface area contributed by atoms with Crippen LogP contribution in [0.25, 0.3) is 0 Å². The van der Waals surface area contributed by atoms with Gasteiger partial charge in [-0.25, -0.2) is 4.79 Å². The molecule has 2 N–H and O–H groups in total. The van der Waals surface area contributed by atoms with Crippen LogP contribution >= 0.6 is 23.2 Å². The molecule has 3 aromatic carbocycles. The van der Waals surface area contributed by atoms with Crippen molar-refractivity contribution in [3.05, 3.63) is 81.9 Å². The van der Waals surface area contributed by atoms with Crippen molar-refractivity contribution in [1.82, 2.24) is 0 Å². The van der Waals surface area contributed by atoms with Crippen LogP contribution in [0.5, 0.6) is 17.2 Å². The molecule has 0 saturated heterocycles. The van der Waals surface area contributed by atoms with Crippen LogP contribution in [0, 0.1) is 0 Å². The van der Waals surface area contributed by atoms with Gasteiger partial charge in [-0.1, -0.05) is 66.5 Å². The number of carbonyl (C=O) groups excluding carboxylic acids is 4. The molecular formula is C37H43Cl2NO8. The zero-order valence-corrected chi connectivity index (χ0v) is 29.9. The maximum absolute atomic E-state index is 12.9. The third kappa shape index (κ3) is 10.5. The second kappa shape index (κ2) is 16.3. The number of rotatable bonds is 13. The number of alkyl halides is 1. The standard InChI is InChI=1S/C37H43Cl2NO8/c1-8-9-17-46-24-12-10-22(11-13-24)32(42)31(39)34(44)40-29-21-25(14-15-28(29)38)48-30(41)16-18-47-35(45)23-19-26(36(2,3)4)33(43)27(20-23)37(5,6)7/h10-15,19-21,31,43H,8-9,16-18H2,1-7H3,(H,40,44). The number of phenolic OH excluding ortho intramolecular Hbond substituents is 1. The van der Waals surface area contributed by atoms with Crippen LogP contribution in [0.4, 0.5) is 5.69 Å². The average Bonchev–Trinajstić information content (AvgIpc) is 3.01. The molecule has 0 heterocycles. The van der Waals surface area contributed by atoms with Crippen LogP contribution in [-0.4, -0.2) is 47.3 Å². The largest absolute Gasteiger partial charge is 0.507 e. The molecular weight excluding hydrogens is 657 g/mol. The number of hydrogen-bond acceptors (Lipinski definition) is 8. The Hall–Kier alpha value is -4.08. The first kappa shape index (κ1) is 38.4. The van der Waals surface area contributed by atoms with E-state index < -0.39 is 39.8 Å². The minimum absolute atomic E-state index is 0.0605. The van der Waals surface area contributed by atoms with Crippen molar-refractivity contribution in [2.75, 3.05) is 18.5 Å². The van der Waals surface area contributed by atoms with E-state index in [2.05, 4.69) is 12.2 Å². The van der Waals surface area contributed by atoms with Crippen molar-refractivity contribution in [3.63, 3.8) is 0 Å². The molecule has 48 heavy (non-hydrogen) atoms. The highest BCUT2D eigenvalue weighted by molar-refractivity contribution is 6.46. The summed E-state index contributed by atoms with van der Waals surface area (Å²) in [5, 5.41) is 12.0. The van der Waals surface area contributed by atoms with Crippen LogP contribution in [0.15, 0.2) is 54.6 Å². The van der Waals surface area contributed by atoms with Crippen molar-refractivity contribution in [1.29, 1.82) is 0 Å². The monoisotopic (exact) mass is 699 g/mol. The molecule has 0 aliphatic rings. The summed E-state index contributed by atoms with van der Waals surface area (Å²) in [6.07, 6.45) is 1.64. The number of amides is 1. The number of carbonyl (C=O) groups is 4. The summed E-state index contributed by atoms with van der Waals surface area (Å²) in [5.74, 6) is -1.97. The second-order valence-electron chi connectivity index (χ2n) is 13.4. The normalized spacial score (nSPS) is 12.2. The number of anilines is 1. The summed E-state index contributed by atoms with van der Waals surface area (Å²) in [5.41, 5.74) is 0.925. The molecule has 1 unspecified atom stereocenters. The highest BCUT2D eigenvalue weighted by atomic mass is 35.5. The molecule has 3 rings (SSSR count). The summed E-state index contributed by atoms with van der Waals surface area (Å²) in [6.45, 7) is 14.0. The van der Waals surface area contributed by atoms with E-state index in [4.69, 9.17) is 37.4 Å². The first-order valence-corrected chi connectivity index (χ1v) is 16.5. The molecule has 0 fully saturated rings. The molecule has 0 radical (unpaired) electrons. The van der Waals surface area contributed by atoms with Crippen LogP contribution in [0.3, 0.4) is 0 Å². The van der Waals surface area contributed by atoms with Crippen LogP contribution < -0.4 is 14.8 Å². The van der Waals surface area contributed by atoms with Crippen LogP contribution in [0.1, 0.15) is 99.6 Å². The van der Waals surface area contributed by atoms with Crippen LogP contribution in [0.2, 0.25) is 5.02 Å². The lowest BCUT2D eigenvalue weighted by molar-refractivity contribution is -0.135. The Morgan fingerprint density at radius 3 is 1.98 bits per heavy atom. The minimum atomic E-state index is -1.55. The number of halogens is 2. The van der Waals surface area contributed by atoms with Crippen molar-refractivity contribution >= 4 is 52.5 Å². The van der Waals surface area contributed by atoms with Gasteiger partial charge in [-0.05, 0) is 65.8 Å². The number of aromatic hydroxyl groups is 1. The number of phenols is 1. The molecule has 9 nitrogen and oxygen atoms in total. The Morgan fingerprint density at radius 1 is 0.833 bits per heavy atom. The molecule has 3 aromatic rings. The summed E-state index contributed by atoms with van der Waals surface area (Å²) < 4.78 is 16.3. The number of nitrogens with one attached hydrogen (secondary N) is 1. The molecule has 0 saturated carbocycles. The third-order valence-electron chi connectivity index (χ3n) is 7.29. The predicted molar refractivity (Wildman–Crippen MR) is 187 cm³/mol. The lowest BCUT2D eigenvalue weighted by Crippen LogP contribution is -2.30.